The molecule has 132 valence electrons. The average Bonchev–Trinajstić information content (AvgIpc) is 3.12. The lowest BCUT2D eigenvalue weighted by molar-refractivity contribution is -0.380. The monoisotopic (exact) mass is 361 g/mol. The van der Waals surface area contributed by atoms with Crippen molar-refractivity contribution in [2.45, 2.75) is 6.92 Å². The number of carbonyl (C=O) groups is 1. The molecule has 2 aromatic rings. The SMILES string of the molecule is CCOc1ccccc1N1CCN(C(=O)c2ccc([N+](=O)[O-])s2)CC1. The van der Waals surface area contributed by atoms with Gasteiger partial charge in [-0.3, -0.25) is 14.9 Å². The van der Waals surface area contributed by atoms with Gasteiger partial charge in [0.05, 0.1) is 22.1 Å². The van der Waals surface area contributed by atoms with Crippen LogP contribution in [-0.4, -0.2) is 48.5 Å². The van der Waals surface area contributed by atoms with Crippen molar-refractivity contribution >= 4 is 27.9 Å². The Morgan fingerprint density at radius 1 is 1.20 bits per heavy atom. The number of thiophene rings is 1. The highest BCUT2D eigenvalue weighted by atomic mass is 32.1. The predicted octanol–water partition coefficient (Wildman–Crippen LogP) is 3.02. The van der Waals surface area contributed by atoms with Crippen molar-refractivity contribution in [1.29, 1.82) is 0 Å². The van der Waals surface area contributed by atoms with Gasteiger partial charge in [-0.2, -0.15) is 0 Å². The lowest BCUT2D eigenvalue weighted by Gasteiger charge is -2.36. The highest BCUT2D eigenvalue weighted by molar-refractivity contribution is 7.17. The van der Waals surface area contributed by atoms with Crippen LogP contribution in [0.5, 0.6) is 5.75 Å². The fraction of sp³-hybridized carbons (Fsp3) is 0.353. The summed E-state index contributed by atoms with van der Waals surface area (Å²) in [6, 6.07) is 10.8. The molecule has 0 saturated carbocycles. The molecule has 0 unspecified atom stereocenters. The Kier molecular flexibility index (Phi) is 5.18. The number of anilines is 1. The Morgan fingerprint density at radius 3 is 2.56 bits per heavy atom. The third-order valence-electron chi connectivity index (χ3n) is 4.06. The second kappa shape index (κ2) is 7.52. The molecule has 1 fully saturated rings. The van der Waals surface area contributed by atoms with Gasteiger partial charge in [0.25, 0.3) is 5.91 Å². The van der Waals surface area contributed by atoms with Gasteiger partial charge < -0.3 is 14.5 Å². The molecular formula is C17H19N3O4S. The molecular weight excluding hydrogens is 342 g/mol. The first-order chi connectivity index (χ1) is 12.1. The van der Waals surface area contributed by atoms with E-state index in [1.165, 1.54) is 12.1 Å². The topological polar surface area (TPSA) is 75.9 Å². The van der Waals surface area contributed by atoms with E-state index in [2.05, 4.69) is 4.90 Å². The second-order valence-electron chi connectivity index (χ2n) is 5.57. The Bertz CT molecular complexity index is 769. The molecule has 7 nitrogen and oxygen atoms in total. The first-order valence-corrected chi connectivity index (χ1v) is 8.92. The van der Waals surface area contributed by atoms with E-state index < -0.39 is 4.92 Å². The molecule has 0 atom stereocenters. The van der Waals surface area contributed by atoms with Gasteiger partial charge in [0, 0.05) is 32.2 Å². The van der Waals surface area contributed by atoms with Crippen molar-refractivity contribution in [3.05, 3.63) is 51.4 Å². The number of carbonyl (C=O) groups excluding carboxylic acids is 1. The summed E-state index contributed by atoms with van der Waals surface area (Å²) >= 11 is 0.925. The number of para-hydroxylation sites is 2. The summed E-state index contributed by atoms with van der Waals surface area (Å²) in [7, 11) is 0. The lowest BCUT2D eigenvalue weighted by Crippen LogP contribution is -2.48. The minimum atomic E-state index is -0.468. The van der Waals surface area contributed by atoms with Gasteiger partial charge in [0.1, 0.15) is 5.75 Å². The number of piperazine rings is 1. The molecule has 1 aliphatic heterocycles. The second-order valence-corrected chi connectivity index (χ2v) is 6.64. The smallest absolute Gasteiger partial charge is 0.324 e. The zero-order valence-electron chi connectivity index (χ0n) is 13.9. The van der Waals surface area contributed by atoms with Crippen LogP contribution in [-0.2, 0) is 0 Å². The minimum absolute atomic E-state index is 0.00683. The maximum atomic E-state index is 12.5. The summed E-state index contributed by atoms with van der Waals surface area (Å²) in [5.41, 5.74) is 1.03. The van der Waals surface area contributed by atoms with E-state index in [1.807, 2.05) is 31.2 Å². The van der Waals surface area contributed by atoms with Crippen molar-refractivity contribution in [1.82, 2.24) is 4.90 Å². The normalized spacial score (nSPS) is 14.4. The van der Waals surface area contributed by atoms with Crippen LogP contribution in [0.3, 0.4) is 0 Å². The van der Waals surface area contributed by atoms with Crippen LogP contribution in [0.4, 0.5) is 10.7 Å². The Labute approximate surface area is 149 Å². The van der Waals surface area contributed by atoms with Crippen molar-refractivity contribution in [2.24, 2.45) is 0 Å². The summed E-state index contributed by atoms with van der Waals surface area (Å²) in [6.45, 7) is 5.10. The van der Waals surface area contributed by atoms with Crippen LogP contribution in [0, 0.1) is 10.1 Å². The molecule has 0 aliphatic carbocycles. The molecule has 0 spiro atoms. The van der Waals surface area contributed by atoms with Gasteiger partial charge in [0.2, 0.25) is 0 Å². The zero-order valence-corrected chi connectivity index (χ0v) is 14.7. The number of nitro groups is 1. The summed E-state index contributed by atoms with van der Waals surface area (Å²) in [5.74, 6) is 0.703. The van der Waals surface area contributed by atoms with Crippen LogP contribution in [0.15, 0.2) is 36.4 Å². The fourth-order valence-electron chi connectivity index (χ4n) is 2.84. The van der Waals surface area contributed by atoms with Crippen LogP contribution in [0.1, 0.15) is 16.6 Å². The number of amides is 1. The summed E-state index contributed by atoms with van der Waals surface area (Å²) in [6.07, 6.45) is 0. The van der Waals surface area contributed by atoms with Gasteiger partial charge in [-0.15, -0.1) is 0 Å². The number of benzene rings is 1. The maximum absolute atomic E-state index is 12.5. The number of ether oxygens (including phenoxy) is 1. The minimum Gasteiger partial charge on any atom is -0.492 e. The Morgan fingerprint density at radius 2 is 1.92 bits per heavy atom. The molecule has 1 aliphatic rings. The molecule has 3 rings (SSSR count). The molecule has 2 heterocycles. The van der Waals surface area contributed by atoms with Crippen molar-refractivity contribution in [3.8, 4) is 5.75 Å². The van der Waals surface area contributed by atoms with Crippen LogP contribution in [0.2, 0.25) is 0 Å². The standard InChI is InChI=1S/C17H19N3O4S/c1-2-24-14-6-4-3-5-13(14)18-9-11-19(12-10-18)17(21)15-7-8-16(25-15)20(22)23/h3-8H,2,9-12H2,1H3. The van der Waals surface area contributed by atoms with Gasteiger partial charge in [-0.05, 0) is 25.1 Å². The van der Waals surface area contributed by atoms with Crippen LogP contribution in [0.25, 0.3) is 0 Å². The molecule has 0 bridgehead atoms. The summed E-state index contributed by atoms with van der Waals surface area (Å²) < 4.78 is 5.67. The number of hydrogen-bond acceptors (Lipinski definition) is 6. The van der Waals surface area contributed by atoms with E-state index in [4.69, 9.17) is 4.74 Å². The van der Waals surface area contributed by atoms with E-state index in [-0.39, 0.29) is 10.9 Å². The van der Waals surface area contributed by atoms with E-state index in [1.54, 1.807) is 4.90 Å². The Hall–Kier alpha value is -2.61. The first kappa shape index (κ1) is 17.2. The van der Waals surface area contributed by atoms with Gasteiger partial charge in [-0.1, -0.05) is 23.5 Å². The third kappa shape index (κ3) is 3.74. The van der Waals surface area contributed by atoms with Crippen LogP contribution >= 0.6 is 11.3 Å². The highest BCUT2D eigenvalue weighted by Gasteiger charge is 2.25. The average molecular weight is 361 g/mol. The van der Waals surface area contributed by atoms with Crippen LogP contribution < -0.4 is 9.64 Å². The predicted molar refractivity (Wildman–Crippen MR) is 96.7 cm³/mol. The van der Waals surface area contributed by atoms with Gasteiger partial charge in [0.15, 0.2) is 0 Å². The molecule has 0 radical (unpaired) electrons. The largest absolute Gasteiger partial charge is 0.492 e. The van der Waals surface area contributed by atoms with Gasteiger partial charge >= 0.3 is 5.00 Å². The summed E-state index contributed by atoms with van der Waals surface area (Å²) in [5, 5.41) is 10.8. The maximum Gasteiger partial charge on any atom is 0.324 e. The number of hydrogen-bond donors (Lipinski definition) is 0. The molecule has 1 aromatic heterocycles. The Balaban J connectivity index is 1.65. The molecule has 8 heteroatoms. The fourth-order valence-corrected chi connectivity index (χ4v) is 3.63. The van der Waals surface area contributed by atoms with Gasteiger partial charge in [-0.25, -0.2) is 0 Å². The third-order valence-corrected chi connectivity index (χ3v) is 5.08. The molecule has 0 N–H and O–H groups in total. The van der Waals surface area contributed by atoms with Crippen molar-refractivity contribution < 1.29 is 14.5 Å². The van der Waals surface area contributed by atoms with E-state index >= 15 is 0 Å². The molecule has 1 aromatic carbocycles. The summed E-state index contributed by atoms with van der Waals surface area (Å²) in [4.78, 5) is 27.2. The first-order valence-electron chi connectivity index (χ1n) is 8.10. The lowest BCUT2D eigenvalue weighted by atomic mass is 10.2. The van der Waals surface area contributed by atoms with Crippen molar-refractivity contribution in [3.63, 3.8) is 0 Å². The van der Waals surface area contributed by atoms with E-state index in [9.17, 15) is 14.9 Å². The number of nitrogens with zero attached hydrogens (tertiary/aromatic N) is 3. The molecule has 1 saturated heterocycles. The highest BCUT2D eigenvalue weighted by Crippen LogP contribution is 2.30. The zero-order chi connectivity index (χ0) is 17.8. The van der Waals surface area contributed by atoms with E-state index in [0.717, 1.165) is 22.8 Å². The molecule has 25 heavy (non-hydrogen) atoms. The van der Waals surface area contributed by atoms with E-state index in [0.29, 0.717) is 37.7 Å². The number of rotatable bonds is 5. The quantitative estimate of drug-likeness (QED) is 0.604. The molecule has 1 amide bonds. The van der Waals surface area contributed by atoms with Crippen molar-refractivity contribution in [2.75, 3.05) is 37.7 Å².